The Morgan fingerprint density at radius 2 is 1.96 bits per heavy atom. The number of nitrogens with zero attached hydrogens (tertiary/aromatic N) is 4. The first kappa shape index (κ1) is 17.0. The van der Waals surface area contributed by atoms with Gasteiger partial charge in [0, 0.05) is 11.6 Å². The van der Waals surface area contributed by atoms with Crippen LogP contribution < -0.4 is 4.74 Å². The highest BCUT2D eigenvalue weighted by atomic mass is 16.5. The van der Waals surface area contributed by atoms with Gasteiger partial charge in [-0.2, -0.15) is 0 Å². The van der Waals surface area contributed by atoms with Crippen molar-refractivity contribution in [2.75, 3.05) is 7.11 Å². The molecule has 0 amide bonds. The largest absolute Gasteiger partial charge is 0.497 e. The third-order valence-electron chi connectivity index (χ3n) is 4.34. The number of aromatic nitrogens is 3. The molecular formula is C19H22N4O2. The number of aryl methyl sites for hydroxylation is 3. The van der Waals surface area contributed by atoms with Crippen molar-refractivity contribution in [1.29, 1.82) is 0 Å². The molecule has 0 aliphatic heterocycles. The topological polar surface area (TPSA) is 72.5 Å². The summed E-state index contributed by atoms with van der Waals surface area (Å²) in [5.41, 5.74) is 5.21. The molecule has 6 nitrogen and oxygen atoms in total. The first-order valence-corrected chi connectivity index (χ1v) is 8.22. The minimum absolute atomic E-state index is 0.558. The van der Waals surface area contributed by atoms with Gasteiger partial charge in [0.15, 0.2) is 0 Å². The third-order valence-corrected chi connectivity index (χ3v) is 4.34. The second-order valence-electron chi connectivity index (χ2n) is 6.05. The monoisotopic (exact) mass is 338 g/mol. The van der Waals surface area contributed by atoms with E-state index in [0.29, 0.717) is 23.7 Å². The van der Waals surface area contributed by atoms with Crippen molar-refractivity contribution < 1.29 is 9.94 Å². The molecule has 3 aromatic rings. The molecule has 0 saturated carbocycles. The van der Waals surface area contributed by atoms with E-state index >= 15 is 0 Å². The molecule has 0 spiro atoms. The van der Waals surface area contributed by atoms with E-state index in [9.17, 15) is 5.21 Å². The van der Waals surface area contributed by atoms with Gasteiger partial charge in [-0.3, -0.25) is 0 Å². The summed E-state index contributed by atoms with van der Waals surface area (Å²) in [4.78, 5) is 9.18. The first-order chi connectivity index (χ1) is 12.0. The van der Waals surface area contributed by atoms with Crippen LogP contribution in [-0.4, -0.2) is 32.6 Å². The Labute approximate surface area is 146 Å². The molecule has 0 fully saturated rings. The lowest BCUT2D eigenvalue weighted by atomic mass is 10.1. The van der Waals surface area contributed by atoms with Crippen LogP contribution in [0.3, 0.4) is 0 Å². The summed E-state index contributed by atoms with van der Waals surface area (Å²) in [7, 11) is 1.66. The molecule has 0 unspecified atom stereocenters. The molecule has 0 bridgehead atoms. The number of benzene rings is 1. The van der Waals surface area contributed by atoms with Crippen LogP contribution in [0.2, 0.25) is 0 Å². The average Bonchev–Trinajstić information content (AvgIpc) is 2.92. The van der Waals surface area contributed by atoms with Gasteiger partial charge in [0.1, 0.15) is 28.6 Å². The van der Waals surface area contributed by atoms with Crippen LogP contribution in [-0.2, 0) is 0 Å². The molecule has 0 aliphatic carbocycles. The quantitative estimate of drug-likeness (QED) is 0.444. The molecule has 0 radical (unpaired) electrons. The molecule has 6 heteroatoms. The van der Waals surface area contributed by atoms with Gasteiger partial charge in [-0.1, -0.05) is 12.1 Å². The van der Waals surface area contributed by atoms with Crippen LogP contribution in [0, 0.1) is 20.8 Å². The van der Waals surface area contributed by atoms with Crippen molar-refractivity contribution in [3.63, 3.8) is 0 Å². The summed E-state index contributed by atoms with van der Waals surface area (Å²) in [6, 6.07) is 5.95. The zero-order chi connectivity index (χ0) is 18.1. The van der Waals surface area contributed by atoms with Crippen LogP contribution in [0.15, 0.2) is 29.6 Å². The minimum Gasteiger partial charge on any atom is -0.497 e. The summed E-state index contributed by atoms with van der Waals surface area (Å²) in [5.74, 6) is 1.46. The SMILES string of the molecule is CC/C(=N\O)c1nc(C)nc2c1c(C)cn2-c1ccc(OC)cc1C. The molecule has 25 heavy (non-hydrogen) atoms. The van der Waals surface area contributed by atoms with Crippen molar-refractivity contribution in [2.24, 2.45) is 5.16 Å². The highest BCUT2D eigenvalue weighted by molar-refractivity contribution is 6.09. The van der Waals surface area contributed by atoms with E-state index in [1.54, 1.807) is 7.11 Å². The van der Waals surface area contributed by atoms with Crippen LogP contribution in [0.5, 0.6) is 5.75 Å². The lowest BCUT2D eigenvalue weighted by Crippen LogP contribution is -2.07. The van der Waals surface area contributed by atoms with Gasteiger partial charge in [0.2, 0.25) is 0 Å². The van der Waals surface area contributed by atoms with E-state index in [2.05, 4.69) is 19.7 Å². The van der Waals surface area contributed by atoms with Gasteiger partial charge < -0.3 is 14.5 Å². The first-order valence-electron chi connectivity index (χ1n) is 8.22. The Kier molecular flexibility index (Phi) is 4.44. The molecule has 0 atom stereocenters. The lowest BCUT2D eigenvalue weighted by molar-refractivity contribution is 0.318. The van der Waals surface area contributed by atoms with Crippen molar-refractivity contribution in [1.82, 2.24) is 14.5 Å². The molecule has 1 N–H and O–H groups in total. The molecule has 2 aromatic heterocycles. The highest BCUT2D eigenvalue weighted by Crippen LogP contribution is 2.29. The summed E-state index contributed by atoms with van der Waals surface area (Å²) >= 11 is 0. The number of methoxy groups -OCH3 is 1. The smallest absolute Gasteiger partial charge is 0.149 e. The summed E-state index contributed by atoms with van der Waals surface area (Å²) in [6.07, 6.45) is 2.63. The Bertz CT molecular complexity index is 973. The maximum atomic E-state index is 9.35. The number of hydrogen-bond donors (Lipinski definition) is 1. The van der Waals surface area contributed by atoms with Gasteiger partial charge in [0.25, 0.3) is 0 Å². The van der Waals surface area contributed by atoms with Gasteiger partial charge in [0.05, 0.1) is 12.8 Å². The predicted molar refractivity (Wildman–Crippen MR) is 98.2 cm³/mol. The summed E-state index contributed by atoms with van der Waals surface area (Å²) < 4.78 is 7.36. The van der Waals surface area contributed by atoms with Crippen LogP contribution in [0.1, 0.15) is 36.0 Å². The summed E-state index contributed by atoms with van der Waals surface area (Å²) in [6.45, 7) is 7.85. The second-order valence-corrected chi connectivity index (χ2v) is 6.05. The molecule has 2 heterocycles. The fraction of sp³-hybridized carbons (Fsp3) is 0.316. The third kappa shape index (κ3) is 2.84. The van der Waals surface area contributed by atoms with Crippen molar-refractivity contribution in [3.05, 3.63) is 47.0 Å². The molecule has 0 saturated heterocycles. The van der Waals surface area contributed by atoms with Crippen molar-refractivity contribution >= 4 is 16.7 Å². The predicted octanol–water partition coefficient (Wildman–Crippen LogP) is 3.94. The Morgan fingerprint density at radius 3 is 2.56 bits per heavy atom. The van der Waals surface area contributed by atoms with Gasteiger partial charge >= 0.3 is 0 Å². The van der Waals surface area contributed by atoms with E-state index in [-0.39, 0.29) is 0 Å². The number of oxime groups is 1. The average molecular weight is 338 g/mol. The van der Waals surface area contributed by atoms with E-state index in [0.717, 1.165) is 33.6 Å². The second kappa shape index (κ2) is 6.55. The van der Waals surface area contributed by atoms with Crippen molar-refractivity contribution in [2.45, 2.75) is 34.1 Å². The van der Waals surface area contributed by atoms with Crippen LogP contribution in [0.25, 0.3) is 16.7 Å². The van der Waals surface area contributed by atoms with Crippen molar-refractivity contribution in [3.8, 4) is 11.4 Å². The fourth-order valence-electron chi connectivity index (χ4n) is 3.12. The number of hydrogen-bond acceptors (Lipinski definition) is 5. The zero-order valence-corrected chi connectivity index (χ0v) is 15.2. The zero-order valence-electron chi connectivity index (χ0n) is 15.2. The molecule has 3 rings (SSSR count). The number of rotatable bonds is 4. The van der Waals surface area contributed by atoms with E-state index in [4.69, 9.17) is 4.74 Å². The Hall–Kier alpha value is -2.89. The van der Waals surface area contributed by atoms with E-state index < -0.39 is 0 Å². The number of fused-ring (bicyclic) bond motifs is 1. The van der Waals surface area contributed by atoms with E-state index in [1.165, 1.54) is 0 Å². The van der Waals surface area contributed by atoms with Gasteiger partial charge in [-0.05, 0) is 56.5 Å². The normalized spacial score (nSPS) is 12.0. The van der Waals surface area contributed by atoms with E-state index in [1.807, 2.05) is 52.1 Å². The Balaban J connectivity index is 2.32. The minimum atomic E-state index is 0.558. The standard InChI is InChI=1S/C19H22N4O2/c1-6-15(22-24)18-17-12(3)10-23(19(17)21-13(4)20-18)16-8-7-14(25-5)9-11(16)2/h7-10,24H,6H2,1-5H3/b22-15+. The highest BCUT2D eigenvalue weighted by Gasteiger charge is 2.18. The Morgan fingerprint density at radius 1 is 1.20 bits per heavy atom. The van der Waals surface area contributed by atoms with Crippen LogP contribution >= 0.6 is 0 Å². The molecular weight excluding hydrogens is 316 g/mol. The molecule has 0 aliphatic rings. The molecule has 1 aromatic carbocycles. The maximum absolute atomic E-state index is 9.35. The van der Waals surface area contributed by atoms with Gasteiger partial charge in [-0.15, -0.1) is 0 Å². The van der Waals surface area contributed by atoms with Crippen LogP contribution in [0.4, 0.5) is 0 Å². The maximum Gasteiger partial charge on any atom is 0.149 e. The summed E-state index contributed by atoms with van der Waals surface area (Å²) in [5, 5.41) is 13.7. The van der Waals surface area contributed by atoms with Gasteiger partial charge in [-0.25, -0.2) is 9.97 Å². The fourth-order valence-corrected chi connectivity index (χ4v) is 3.12. The number of ether oxygens (including phenoxy) is 1. The molecule has 130 valence electrons. The lowest BCUT2D eigenvalue weighted by Gasteiger charge is -2.11.